The molecule has 7 aromatic heterocycles. The van der Waals surface area contributed by atoms with E-state index in [0.29, 0.717) is 0 Å². The Morgan fingerprint density at radius 1 is 0.280 bits per heavy atom. The summed E-state index contributed by atoms with van der Waals surface area (Å²) in [6.45, 7) is 16.0. The molecule has 9 aromatic carbocycles. The second kappa shape index (κ2) is 64.1. The minimum atomic E-state index is -0.417. The maximum Gasteiger partial charge on any atom is 0.164 e. The molecule has 0 bridgehead atoms. The van der Waals surface area contributed by atoms with E-state index in [2.05, 4.69) is 138 Å². The molecule has 6 radical (unpaired) electrons. The Morgan fingerprint density at radius 3 is 0.760 bits per heavy atom. The Balaban J connectivity index is 0.00000139. The SMILES string of the molecule is CC(=O)C=C(C)O.CC(C)(C)C(=O)C=C(O)C(C)(C)C.Cc1cccc(-c2[c-]ccc(-c3ccccc3)c2)n1.[CH3-].[CH3-].[Ir].[Ir].[Ir].[Ir].[Ir].[Ir].[c-]1ccc(-c2ccccc2)cc1-c1ccccn1.[c-]1ccccc1-c1ccccn1.[c-]1ccccc1-c1ccccn1.[c-]1ccccc1-c1ccccn1.[c-]1ccccc1-c1ccccn1.[c-]1ccccc1-c1ccccn1. The quantitative estimate of drug-likeness (QED) is 0.0719. The average molecular weight is 2710 g/mol. The molecule has 17 heteroatoms. The molecule has 11 nitrogen and oxygen atoms in total. The Bertz CT molecular complexity index is 4850. The summed E-state index contributed by atoms with van der Waals surface area (Å²) in [5, 5.41) is 17.9. The smallest absolute Gasteiger partial charge is 0.164 e. The van der Waals surface area contributed by atoms with Gasteiger partial charge in [-0.2, -0.15) is 0 Å². The van der Waals surface area contributed by atoms with Gasteiger partial charge < -0.3 is 60.0 Å². The van der Waals surface area contributed by atoms with Crippen molar-refractivity contribution in [1.29, 1.82) is 0 Å². The van der Waals surface area contributed by atoms with Crippen LogP contribution in [0.2, 0.25) is 0 Å². The van der Waals surface area contributed by atoms with E-state index in [1.165, 1.54) is 48.3 Å². The monoisotopic (exact) mass is 2720 g/mol. The summed E-state index contributed by atoms with van der Waals surface area (Å²) in [4.78, 5) is 51.5. The minimum absolute atomic E-state index is 0. The average Bonchev–Trinajstić information content (AvgIpc) is 0.830. The molecule has 0 saturated heterocycles. The summed E-state index contributed by atoms with van der Waals surface area (Å²) in [5.41, 5.74) is 19.1. The summed E-state index contributed by atoms with van der Waals surface area (Å²) < 4.78 is 0. The summed E-state index contributed by atoms with van der Waals surface area (Å²) in [7, 11) is 0. The van der Waals surface area contributed by atoms with Crippen LogP contribution in [-0.4, -0.2) is 56.7 Å². The van der Waals surface area contributed by atoms with Gasteiger partial charge in [0.05, 0.1) is 5.76 Å². The van der Waals surface area contributed by atoms with Crippen LogP contribution >= 0.6 is 0 Å². The molecule has 0 unspecified atom stereocenters. The van der Waals surface area contributed by atoms with Gasteiger partial charge in [0.2, 0.25) is 0 Å². The zero-order chi connectivity index (χ0) is 83.1. The number of ketones is 2. The number of pyridine rings is 7. The molecule has 0 saturated carbocycles. The van der Waals surface area contributed by atoms with Crippen LogP contribution in [0.25, 0.3) is 101 Å². The van der Waals surface area contributed by atoms with Gasteiger partial charge in [-0.3, -0.25) is 9.59 Å². The Morgan fingerprint density at radius 2 is 0.536 bits per heavy atom. The maximum absolute atomic E-state index is 11.5. The van der Waals surface area contributed by atoms with Gasteiger partial charge in [0.15, 0.2) is 11.6 Å². The van der Waals surface area contributed by atoms with Crippen molar-refractivity contribution in [3.63, 3.8) is 0 Å². The van der Waals surface area contributed by atoms with Crippen LogP contribution in [0.3, 0.4) is 0 Å². The van der Waals surface area contributed by atoms with E-state index in [9.17, 15) is 14.7 Å². The fourth-order valence-electron chi connectivity index (χ4n) is 10.3. The van der Waals surface area contributed by atoms with E-state index < -0.39 is 5.41 Å². The van der Waals surface area contributed by atoms with E-state index in [1.807, 2.05) is 334 Å². The fraction of sp³-hybridized carbons (Fsp3) is 0.102. The molecule has 0 aliphatic rings. The summed E-state index contributed by atoms with van der Waals surface area (Å²) in [5.74, 6) is 0.0415. The van der Waals surface area contributed by atoms with Crippen LogP contribution in [0.4, 0.5) is 0 Å². The summed E-state index contributed by atoms with van der Waals surface area (Å²) >= 11 is 0. The van der Waals surface area contributed by atoms with Crippen LogP contribution in [0.5, 0.6) is 0 Å². The van der Waals surface area contributed by atoms with Crippen molar-refractivity contribution >= 4 is 11.6 Å². The van der Waals surface area contributed by atoms with Gasteiger partial charge >= 0.3 is 0 Å². The van der Waals surface area contributed by atoms with E-state index in [4.69, 9.17) is 5.11 Å². The van der Waals surface area contributed by atoms with E-state index in [1.54, 1.807) is 37.2 Å². The number of aliphatic hydroxyl groups is 2. The van der Waals surface area contributed by atoms with Crippen LogP contribution in [-0.2, 0) is 130 Å². The van der Waals surface area contributed by atoms with Crippen molar-refractivity contribution < 1.29 is 140 Å². The van der Waals surface area contributed by atoms with Gasteiger partial charge in [0.25, 0.3) is 0 Å². The number of rotatable bonds is 11. The first-order valence-corrected chi connectivity index (χ1v) is 38.0. The van der Waals surface area contributed by atoms with Gasteiger partial charge in [-0.25, -0.2) is 0 Å². The van der Waals surface area contributed by atoms with Crippen molar-refractivity contribution in [1.82, 2.24) is 34.9 Å². The molecular formula is C108H100Ir6N7O4-9. The van der Waals surface area contributed by atoms with Crippen LogP contribution in [0.1, 0.15) is 61.1 Å². The number of aromatic nitrogens is 7. The number of hydrogen-bond acceptors (Lipinski definition) is 11. The summed E-state index contributed by atoms with van der Waals surface area (Å²) in [6, 6.07) is 136. The molecule has 0 fully saturated rings. The topological polar surface area (TPSA) is 165 Å². The molecule has 16 aromatic rings. The van der Waals surface area contributed by atoms with Crippen molar-refractivity contribution in [2.45, 2.75) is 62.3 Å². The molecule has 2 N–H and O–H groups in total. The van der Waals surface area contributed by atoms with E-state index >= 15 is 0 Å². The van der Waals surface area contributed by atoms with Crippen molar-refractivity contribution in [2.75, 3.05) is 0 Å². The van der Waals surface area contributed by atoms with Crippen molar-refractivity contribution in [3.8, 4) is 101 Å². The van der Waals surface area contributed by atoms with Crippen molar-refractivity contribution in [3.05, 3.63) is 470 Å². The number of benzene rings is 9. The summed E-state index contributed by atoms with van der Waals surface area (Å²) in [6.07, 6.45) is 13.2. The number of carbonyl (C=O) groups is 2. The number of allylic oxidation sites excluding steroid dienone is 4. The first-order valence-electron chi connectivity index (χ1n) is 38.0. The third-order valence-electron chi connectivity index (χ3n) is 16.4. The van der Waals surface area contributed by atoms with Gasteiger partial charge in [0.1, 0.15) is 5.76 Å². The molecule has 0 atom stereocenters. The Hall–Kier alpha value is -10.7. The van der Waals surface area contributed by atoms with Crippen LogP contribution in [0, 0.1) is 75.1 Å². The first-order chi connectivity index (χ1) is 56.8. The minimum Gasteiger partial charge on any atom is -0.512 e. The molecule has 0 aliphatic heterocycles. The van der Waals surface area contributed by atoms with Crippen LogP contribution < -0.4 is 0 Å². The number of aryl methyl sites for hydroxylation is 1. The number of hydrogen-bond donors (Lipinski definition) is 2. The molecule has 0 spiro atoms. The predicted molar refractivity (Wildman–Crippen MR) is 490 cm³/mol. The zero-order valence-corrected chi connectivity index (χ0v) is 85.7. The zero-order valence-electron chi connectivity index (χ0n) is 71.4. The normalized spacial score (nSPS) is 9.83. The third-order valence-corrected chi connectivity index (χ3v) is 16.4. The molecule has 16 rings (SSSR count). The molecule has 654 valence electrons. The largest absolute Gasteiger partial charge is 0.512 e. The number of aliphatic hydroxyl groups excluding tert-OH is 2. The molecule has 0 aliphatic carbocycles. The first kappa shape index (κ1) is 114. The van der Waals surface area contributed by atoms with Gasteiger partial charge in [0, 0.05) is 186 Å². The fourth-order valence-corrected chi connectivity index (χ4v) is 10.3. The third kappa shape index (κ3) is 43.7. The van der Waals surface area contributed by atoms with Crippen molar-refractivity contribution in [2.24, 2.45) is 10.8 Å². The standard InChI is InChI=1S/C18H14N.C17H12N.5C11H8N.C11H20O2.C5H8O2.2CH3.6Ir/c1-14-7-5-12-18(19-14)17-11-6-10-16(13-17)15-8-3-2-4-9-15;1-2-7-14(8-3-1)15-9-6-10-16(13-15)17-11-4-5-12-18-17;5*1-2-6-10(7-3-1)11-8-4-5-9-12-11;1-10(2,3)8(12)7-9(13)11(4,5)6;1-4(6)3-5(2)7;;;;;;;;/h2-10,12-13H,1H3;1-9,11-13H;5*1-6,8-9H;7,12H,1-6H3;3,6H,1-2H3;2*1H3;;;;;;/q7*-1;;;2*-1;;;;;;. The maximum atomic E-state index is 11.5. The van der Waals surface area contributed by atoms with Gasteiger partial charge in [-0.05, 0) is 114 Å². The Kier molecular flexibility index (Phi) is 58.7. The molecule has 125 heavy (non-hydrogen) atoms. The second-order valence-electron chi connectivity index (χ2n) is 27.8. The Labute approximate surface area is 822 Å². The second-order valence-corrected chi connectivity index (χ2v) is 27.8. The number of carbonyl (C=O) groups excluding carboxylic acids is 2. The van der Waals surface area contributed by atoms with Gasteiger partial charge in [-0.1, -0.05) is 187 Å². The molecule has 7 heterocycles. The predicted octanol–water partition coefficient (Wildman–Crippen LogP) is 26.5. The number of nitrogens with zero attached hydrogens (tertiary/aromatic N) is 7. The van der Waals surface area contributed by atoms with E-state index in [0.717, 1.165) is 84.5 Å². The molecular weight excluding hydrogens is 2610 g/mol. The van der Waals surface area contributed by atoms with Gasteiger partial charge in [-0.15, -0.1) is 250 Å². The van der Waals surface area contributed by atoms with E-state index in [-0.39, 0.29) is 164 Å². The van der Waals surface area contributed by atoms with Crippen LogP contribution in [0.15, 0.2) is 407 Å². The molecule has 0 amide bonds.